The molecule has 1 aliphatic heterocycles. The molecule has 0 spiro atoms. The van der Waals surface area contributed by atoms with Gasteiger partial charge in [0.2, 0.25) is 0 Å². The van der Waals surface area contributed by atoms with Crippen LogP contribution in [0, 0.1) is 5.92 Å². The van der Waals surface area contributed by atoms with Crippen LogP contribution in [-0.4, -0.2) is 52.2 Å². The van der Waals surface area contributed by atoms with Crippen molar-refractivity contribution in [2.75, 3.05) is 20.2 Å². The molecule has 122 valence electrons. The summed E-state index contributed by atoms with van der Waals surface area (Å²) in [6.45, 7) is 7.78. The Morgan fingerprint density at radius 3 is 2.86 bits per heavy atom. The fourth-order valence-electron chi connectivity index (χ4n) is 3.00. The maximum Gasteiger partial charge on any atom is 0.268 e. The molecule has 22 heavy (non-hydrogen) atoms. The highest BCUT2D eigenvalue weighted by Crippen LogP contribution is 2.28. The van der Waals surface area contributed by atoms with E-state index in [1.54, 1.807) is 4.90 Å². The van der Waals surface area contributed by atoms with Crippen molar-refractivity contribution in [2.45, 2.75) is 45.6 Å². The van der Waals surface area contributed by atoms with E-state index in [0.717, 1.165) is 18.5 Å². The Bertz CT molecular complexity index is 524. The zero-order chi connectivity index (χ0) is 16.1. The maximum atomic E-state index is 12.0. The summed E-state index contributed by atoms with van der Waals surface area (Å²) < 4.78 is 1.92. The smallest absolute Gasteiger partial charge is 0.268 e. The number of likely N-dealkylation sites (tertiary alicyclic amines) is 1. The van der Waals surface area contributed by atoms with Gasteiger partial charge in [-0.15, -0.1) is 5.10 Å². The molecule has 0 N–H and O–H groups in total. The van der Waals surface area contributed by atoms with Crippen molar-refractivity contribution in [1.82, 2.24) is 19.9 Å². The van der Waals surface area contributed by atoms with Crippen molar-refractivity contribution < 1.29 is 9.63 Å². The van der Waals surface area contributed by atoms with Crippen molar-refractivity contribution in [1.29, 1.82) is 0 Å². The first-order chi connectivity index (χ1) is 10.6. The normalized spacial score (nSPS) is 22.0. The molecule has 7 heteroatoms. The summed E-state index contributed by atoms with van der Waals surface area (Å²) in [4.78, 5) is 18.3. The predicted octanol–water partition coefficient (Wildman–Crippen LogP) is 1.83. The van der Waals surface area contributed by atoms with Crippen LogP contribution in [-0.2, 0) is 9.63 Å². The van der Waals surface area contributed by atoms with Gasteiger partial charge in [0, 0.05) is 25.2 Å². The van der Waals surface area contributed by atoms with Gasteiger partial charge in [-0.2, -0.15) is 0 Å². The summed E-state index contributed by atoms with van der Waals surface area (Å²) >= 11 is 0. The van der Waals surface area contributed by atoms with Crippen molar-refractivity contribution in [2.24, 2.45) is 11.1 Å². The van der Waals surface area contributed by atoms with E-state index in [1.807, 2.05) is 10.9 Å². The topological polar surface area (TPSA) is 72.6 Å². The molecule has 2 atom stereocenters. The van der Waals surface area contributed by atoms with E-state index in [0.29, 0.717) is 24.9 Å². The third kappa shape index (κ3) is 3.45. The Labute approximate surface area is 131 Å². The van der Waals surface area contributed by atoms with Gasteiger partial charge in [0.25, 0.3) is 5.91 Å². The molecule has 0 aromatic carbocycles. The Morgan fingerprint density at radius 1 is 1.50 bits per heavy atom. The summed E-state index contributed by atoms with van der Waals surface area (Å²) in [5, 5.41) is 12.1. The second kappa shape index (κ2) is 7.38. The molecule has 0 aliphatic carbocycles. The van der Waals surface area contributed by atoms with Gasteiger partial charge in [-0.1, -0.05) is 31.1 Å². The first kappa shape index (κ1) is 16.5. The SMILES string of the molecule is CCC(CC)c1cn([C@@H]2CN(C(=O)/C=N/OC)C[C@@H]2C)nn1. The first-order valence-electron chi connectivity index (χ1n) is 7.87. The number of hydrogen-bond donors (Lipinski definition) is 0. The quantitative estimate of drug-likeness (QED) is 0.594. The minimum Gasteiger partial charge on any atom is -0.399 e. The van der Waals surface area contributed by atoms with Gasteiger partial charge in [-0.3, -0.25) is 4.79 Å². The highest BCUT2D eigenvalue weighted by atomic mass is 16.6. The van der Waals surface area contributed by atoms with Crippen molar-refractivity contribution in [3.63, 3.8) is 0 Å². The van der Waals surface area contributed by atoms with E-state index in [-0.39, 0.29) is 11.9 Å². The summed E-state index contributed by atoms with van der Waals surface area (Å²) in [6, 6.07) is 0.163. The van der Waals surface area contributed by atoms with Crippen molar-refractivity contribution in [3.8, 4) is 0 Å². The van der Waals surface area contributed by atoms with Gasteiger partial charge in [-0.25, -0.2) is 4.68 Å². The van der Waals surface area contributed by atoms with Gasteiger partial charge in [0.1, 0.15) is 13.3 Å². The lowest BCUT2D eigenvalue weighted by Gasteiger charge is -2.14. The first-order valence-corrected chi connectivity index (χ1v) is 7.87. The average molecular weight is 307 g/mol. The molecule has 0 unspecified atom stereocenters. The zero-order valence-electron chi connectivity index (χ0n) is 13.8. The molecule has 1 aromatic rings. The lowest BCUT2D eigenvalue weighted by Crippen LogP contribution is -2.30. The van der Waals surface area contributed by atoms with Crippen molar-refractivity contribution in [3.05, 3.63) is 11.9 Å². The van der Waals surface area contributed by atoms with Gasteiger partial charge in [0.05, 0.1) is 11.7 Å². The van der Waals surface area contributed by atoms with Crippen LogP contribution in [0.4, 0.5) is 0 Å². The lowest BCUT2D eigenvalue weighted by atomic mass is 10.0. The number of carbonyl (C=O) groups excluding carboxylic acids is 1. The number of nitrogens with zero attached hydrogens (tertiary/aromatic N) is 5. The third-order valence-corrected chi connectivity index (χ3v) is 4.42. The van der Waals surface area contributed by atoms with E-state index in [2.05, 4.69) is 41.1 Å². The largest absolute Gasteiger partial charge is 0.399 e. The highest BCUT2D eigenvalue weighted by molar-refractivity contribution is 6.26. The lowest BCUT2D eigenvalue weighted by molar-refractivity contribution is -0.123. The molecule has 1 aliphatic rings. The molecule has 1 saturated heterocycles. The monoisotopic (exact) mass is 307 g/mol. The van der Waals surface area contributed by atoms with E-state index in [1.165, 1.54) is 13.3 Å². The summed E-state index contributed by atoms with van der Waals surface area (Å²) in [6.07, 6.45) is 5.38. The van der Waals surface area contributed by atoms with Crippen LogP contribution in [0.5, 0.6) is 0 Å². The van der Waals surface area contributed by atoms with Crippen LogP contribution >= 0.6 is 0 Å². The predicted molar refractivity (Wildman–Crippen MR) is 83.6 cm³/mol. The molecule has 1 fully saturated rings. The van der Waals surface area contributed by atoms with Crippen LogP contribution in [0.25, 0.3) is 0 Å². The zero-order valence-corrected chi connectivity index (χ0v) is 13.8. The Hall–Kier alpha value is -1.92. The van der Waals surface area contributed by atoms with Gasteiger partial charge in [0.15, 0.2) is 0 Å². The molecule has 0 radical (unpaired) electrons. The van der Waals surface area contributed by atoms with E-state index < -0.39 is 0 Å². The molecule has 2 rings (SSSR count). The minimum absolute atomic E-state index is 0.128. The van der Waals surface area contributed by atoms with Crippen LogP contribution in [0.1, 0.15) is 51.3 Å². The van der Waals surface area contributed by atoms with Crippen LogP contribution in [0.2, 0.25) is 0 Å². The molecule has 0 bridgehead atoms. The number of carbonyl (C=O) groups is 1. The van der Waals surface area contributed by atoms with Gasteiger partial charge in [-0.05, 0) is 18.8 Å². The van der Waals surface area contributed by atoms with Crippen molar-refractivity contribution >= 4 is 12.1 Å². The molecule has 2 heterocycles. The fraction of sp³-hybridized carbons (Fsp3) is 0.733. The number of oxime groups is 1. The maximum absolute atomic E-state index is 12.0. The standard InChI is InChI=1S/C15H25N5O2/c1-5-12(6-2)13-9-20(18-17-13)14-10-19(8-11(14)3)15(21)7-16-22-4/h7,9,11-12,14H,5-6,8,10H2,1-4H3/b16-7+/t11-,14+/m0/s1. The average Bonchev–Trinajstić information content (AvgIpc) is 3.13. The number of aromatic nitrogens is 3. The fourth-order valence-corrected chi connectivity index (χ4v) is 3.00. The number of hydrogen-bond acceptors (Lipinski definition) is 5. The van der Waals surface area contributed by atoms with E-state index in [4.69, 9.17) is 0 Å². The second-order valence-corrected chi connectivity index (χ2v) is 5.84. The summed E-state index contributed by atoms with van der Waals surface area (Å²) in [5.74, 6) is 0.657. The molecule has 0 saturated carbocycles. The van der Waals surface area contributed by atoms with Crippen LogP contribution in [0.15, 0.2) is 11.4 Å². The Balaban J connectivity index is 2.07. The highest BCUT2D eigenvalue weighted by Gasteiger charge is 2.34. The number of amides is 1. The Morgan fingerprint density at radius 2 is 2.23 bits per heavy atom. The molecule has 1 amide bonds. The molecule has 1 aromatic heterocycles. The summed E-state index contributed by atoms with van der Waals surface area (Å²) in [7, 11) is 1.42. The van der Waals surface area contributed by atoms with Crippen LogP contribution in [0.3, 0.4) is 0 Å². The Kier molecular flexibility index (Phi) is 5.51. The molecule has 7 nitrogen and oxygen atoms in total. The molecular weight excluding hydrogens is 282 g/mol. The van der Waals surface area contributed by atoms with Gasteiger partial charge >= 0.3 is 0 Å². The second-order valence-electron chi connectivity index (χ2n) is 5.84. The van der Waals surface area contributed by atoms with E-state index in [9.17, 15) is 4.79 Å². The third-order valence-electron chi connectivity index (χ3n) is 4.42. The van der Waals surface area contributed by atoms with E-state index >= 15 is 0 Å². The van der Waals surface area contributed by atoms with Gasteiger partial charge < -0.3 is 9.74 Å². The van der Waals surface area contributed by atoms with Crippen LogP contribution < -0.4 is 0 Å². The minimum atomic E-state index is -0.128. The summed E-state index contributed by atoms with van der Waals surface area (Å²) in [5.41, 5.74) is 1.04. The molecular formula is C15H25N5O2. The number of rotatable bonds is 6.